The number of nitrogens with zero attached hydrogens (tertiary/aromatic N) is 3. The molecular weight excluding hydrogens is 230 g/mol. The molecule has 0 bridgehead atoms. The van der Waals surface area contributed by atoms with E-state index < -0.39 is 0 Å². The van der Waals surface area contributed by atoms with Gasteiger partial charge in [0.05, 0.1) is 0 Å². The van der Waals surface area contributed by atoms with Crippen molar-refractivity contribution in [3.63, 3.8) is 0 Å². The lowest BCUT2D eigenvalue weighted by atomic mass is 10.2. The molecule has 0 aliphatic carbocycles. The third-order valence-electron chi connectivity index (χ3n) is 2.45. The van der Waals surface area contributed by atoms with Crippen LogP contribution in [0.2, 0.25) is 0 Å². The maximum absolute atomic E-state index is 11.8. The number of aryl methyl sites for hydroxylation is 1. The smallest absolute Gasteiger partial charge is 0.251 e. The molecule has 0 aliphatic heterocycles. The Balaban J connectivity index is 1.83. The van der Waals surface area contributed by atoms with Crippen LogP contribution in [-0.4, -0.2) is 27.2 Å². The van der Waals surface area contributed by atoms with Crippen molar-refractivity contribution in [2.45, 2.75) is 6.42 Å². The molecule has 0 saturated carbocycles. The molecule has 0 radical (unpaired) electrons. The van der Waals surface area contributed by atoms with Gasteiger partial charge in [-0.25, -0.2) is 4.98 Å². The fourth-order valence-corrected chi connectivity index (χ4v) is 1.52. The minimum absolute atomic E-state index is 0.120. The van der Waals surface area contributed by atoms with Gasteiger partial charge in [-0.15, -0.1) is 0 Å². The molecule has 1 aromatic heterocycles. The normalized spacial score (nSPS) is 10.3. The van der Waals surface area contributed by atoms with Crippen LogP contribution in [-0.2, 0) is 13.5 Å². The van der Waals surface area contributed by atoms with Crippen molar-refractivity contribution in [1.29, 1.82) is 0 Å². The van der Waals surface area contributed by atoms with Crippen molar-refractivity contribution < 1.29 is 4.79 Å². The molecule has 0 saturated heterocycles. The first-order valence-corrected chi connectivity index (χ1v) is 5.63. The van der Waals surface area contributed by atoms with Gasteiger partial charge in [0.2, 0.25) is 0 Å². The molecule has 1 aromatic carbocycles. The summed E-state index contributed by atoms with van der Waals surface area (Å²) in [7, 11) is 1.81. The quantitative estimate of drug-likeness (QED) is 0.762. The second-order valence-corrected chi connectivity index (χ2v) is 3.96. The number of nitrogens with two attached hydrogens (primary N) is 1. The Morgan fingerprint density at radius 2 is 2.11 bits per heavy atom. The molecule has 0 fully saturated rings. The van der Waals surface area contributed by atoms with E-state index in [0.717, 1.165) is 5.82 Å². The van der Waals surface area contributed by atoms with Gasteiger partial charge >= 0.3 is 0 Å². The van der Waals surface area contributed by atoms with Gasteiger partial charge in [0.15, 0.2) is 5.82 Å². The van der Waals surface area contributed by atoms with Gasteiger partial charge < -0.3 is 11.1 Å². The highest BCUT2D eigenvalue weighted by Gasteiger charge is 2.05. The molecule has 0 atom stereocenters. The molecule has 0 unspecified atom stereocenters. The zero-order valence-electron chi connectivity index (χ0n) is 10.1. The Morgan fingerprint density at radius 1 is 1.39 bits per heavy atom. The number of aromatic nitrogens is 3. The standard InChI is InChI=1S/C12H15N5O/c1-17-8-15-11(16-17)6-7-14-12(18)9-2-4-10(13)5-3-9/h2-5,8H,6-7,13H2,1H3,(H,14,18). The molecule has 6 nitrogen and oxygen atoms in total. The third kappa shape index (κ3) is 3.07. The van der Waals surface area contributed by atoms with Crippen LogP contribution in [0.4, 0.5) is 5.69 Å². The third-order valence-corrected chi connectivity index (χ3v) is 2.45. The number of anilines is 1. The zero-order valence-corrected chi connectivity index (χ0v) is 10.1. The molecule has 3 N–H and O–H groups in total. The summed E-state index contributed by atoms with van der Waals surface area (Å²) >= 11 is 0. The summed E-state index contributed by atoms with van der Waals surface area (Å²) < 4.78 is 1.64. The summed E-state index contributed by atoms with van der Waals surface area (Å²) in [5.41, 5.74) is 6.79. The molecule has 2 rings (SSSR count). The van der Waals surface area contributed by atoms with E-state index in [0.29, 0.717) is 24.2 Å². The predicted molar refractivity (Wildman–Crippen MR) is 67.9 cm³/mol. The van der Waals surface area contributed by atoms with E-state index in [1.54, 1.807) is 35.3 Å². The van der Waals surface area contributed by atoms with Crippen molar-refractivity contribution in [1.82, 2.24) is 20.1 Å². The number of nitrogens with one attached hydrogen (secondary N) is 1. The van der Waals surface area contributed by atoms with E-state index in [2.05, 4.69) is 15.4 Å². The average molecular weight is 245 g/mol. The topological polar surface area (TPSA) is 85.8 Å². The highest BCUT2D eigenvalue weighted by molar-refractivity contribution is 5.94. The molecule has 1 amide bonds. The molecule has 2 aromatic rings. The molecule has 0 aliphatic rings. The summed E-state index contributed by atoms with van der Waals surface area (Å²) in [6, 6.07) is 6.80. The molecule has 6 heteroatoms. The number of carbonyl (C=O) groups excluding carboxylic acids is 1. The largest absolute Gasteiger partial charge is 0.399 e. The first kappa shape index (κ1) is 12.1. The second kappa shape index (κ2) is 5.31. The van der Waals surface area contributed by atoms with E-state index in [1.807, 2.05) is 7.05 Å². The number of hydrogen-bond donors (Lipinski definition) is 2. The van der Waals surface area contributed by atoms with E-state index in [1.165, 1.54) is 0 Å². The van der Waals surface area contributed by atoms with Crippen molar-refractivity contribution in [2.24, 2.45) is 7.05 Å². The lowest BCUT2D eigenvalue weighted by molar-refractivity contribution is 0.0954. The monoisotopic (exact) mass is 245 g/mol. The first-order valence-electron chi connectivity index (χ1n) is 5.63. The average Bonchev–Trinajstić information content (AvgIpc) is 2.76. The van der Waals surface area contributed by atoms with Crippen molar-refractivity contribution >= 4 is 11.6 Å². The Morgan fingerprint density at radius 3 is 2.72 bits per heavy atom. The number of nitrogen functional groups attached to an aromatic ring is 1. The van der Waals surface area contributed by atoms with Crippen LogP contribution >= 0.6 is 0 Å². The minimum atomic E-state index is -0.120. The van der Waals surface area contributed by atoms with Gasteiger partial charge in [0.25, 0.3) is 5.91 Å². The molecular formula is C12H15N5O. The highest BCUT2D eigenvalue weighted by atomic mass is 16.1. The summed E-state index contributed by atoms with van der Waals surface area (Å²) in [6.45, 7) is 0.507. The number of amides is 1. The fourth-order valence-electron chi connectivity index (χ4n) is 1.52. The van der Waals surface area contributed by atoms with Gasteiger partial charge in [-0.2, -0.15) is 5.10 Å². The number of carbonyl (C=O) groups is 1. The molecule has 18 heavy (non-hydrogen) atoms. The van der Waals surface area contributed by atoms with E-state index in [4.69, 9.17) is 5.73 Å². The van der Waals surface area contributed by atoms with E-state index in [9.17, 15) is 4.79 Å². The van der Waals surface area contributed by atoms with Crippen molar-refractivity contribution in [3.8, 4) is 0 Å². The predicted octanol–water partition coefficient (Wildman–Crippen LogP) is 0.370. The van der Waals surface area contributed by atoms with Crippen LogP contribution in [0.5, 0.6) is 0 Å². The Bertz CT molecular complexity index is 532. The Hall–Kier alpha value is -2.37. The van der Waals surface area contributed by atoms with Crippen LogP contribution in [0.3, 0.4) is 0 Å². The summed E-state index contributed by atoms with van der Waals surface area (Å²) in [5.74, 6) is 0.598. The lowest BCUT2D eigenvalue weighted by Crippen LogP contribution is -2.25. The van der Waals surface area contributed by atoms with Gasteiger partial charge in [0, 0.05) is 31.3 Å². The Labute approximate surface area is 105 Å². The summed E-state index contributed by atoms with van der Waals surface area (Å²) in [6.07, 6.45) is 2.25. The molecule has 94 valence electrons. The zero-order chi connectivity index (χ0) is 13.0. The first-order chi connectivity index (χ1) is 8.65. The molecule has 1 heterocycles. The minimum Gasteiger partial charge on any atom is -0.399 e. The summed E-state index contributed by atoms with van der Waals surface area (Å²) in [4.78, 5) is 15.8. The number of hydrogen-bond acceptors (Lipinski definition) is 4. The number of benzene rings is 1. The van der Waals surface area contributed by atoms with Gasteiger partial charge in [-0.3, -0.25) is 9.48 Å². The fraction of sp³-hybridized carbons (Fsp3) is 0.250. The van der Waals surface area contributed by atoms with E-state index in [-0.39, 0.29) is 5.91 Å². The van der Waals surface area contributed by atoms with Gasteiger partial charge in [0.1, 0.15) is 6.33 Å². The van der Waals surface area contributed by atoms with Crippen LogP contribution in [0.15, 0.2) is 30.6 Å². The van der Waals surface area contributed by atoms with Crippen molar-refractivity contribution in [2.75, 3.05) is 12.3 Å². The van der Waals surface area contributed by atoms with Crippen LogP contribution in [0, 0.1) is 0 Å². The van der Waals surface area contributed by atoms with Crippen molar-refractivity contribution in [3.05, 3.63) is 42.0 Å². The van der Waals surface area contributed by atoms with Crippen LogP contribution < -0.4 is 11.1 Å². The maximum Gasteiger partial charge on any atom is 0.251 e. The van der Waals surface area contributed by atoms with Gasteiger partial charge in [-0.05, 0) is 24.3 Å². The second-order valence-electron chi connectivity index (χ2n) is 3.96. The summed E-state index contributed by atoms with van der Waals surface area (Å²) in [5, 5.41) is 6.94. The SMILES string of the molecule is Cn1cnc(CCNC(=O)c2ccc(N)cc2)n1. The molecule has 0 spiro atoms. The highest BCUT2D eigenvalue weighted by Crippen LogP contribution is 2.04. The van der Waals surface area contributed by atoms with Crippen LogP contribution in [0.1, 0.15) is 16.2 Å². The Kier molecular flexibility index (Phi) is 3.57. The number of rotatable bonds is 4. The van der Waals surface area contributed by atoms with E-state index >= 15 is 0 Å². The van der Waals surface area contributed by atoms with Gasteiger partial charge in [-0.1, -0.05) is 0 Å². The maximum atomic E-state index is 11.8. The lowest BCUT2D eigenvalue weighted by Gasteiger charge is -2.03. The van der Waals surface area contributed by atoms with Crippen LogP contribution in [0.25, 0.3) is 0 Å².